The first-order valence-electron chi connectivity index (χ1n) is 12.0. The van der Waals surface area contributed by atoms with Crippen LogP contribution >= 0.6 is 0 Å². The summed E-state index contributed by atoms with van der Waals surface area (Å²) in [5.41, 5.74) is 0.193. The van der Waals surface area contributed by atoms with Gasteiger partial charge in [-0.1, -0.05) is 104 Å². The molecule has 0 aromatic rings. The zero-order chi connectivity index (χ0) is 19.5. The second-order valence-electron chi connectivity index (χ2n) is 9.29. The van der Waals surface area contributed by atoms with Crippen LogP contribution in [0.3, 0.4) is 0 Å². The second-order valence-corrected chi connectivity index (χ2v) is 9.29. The van der Waals surface area contributed by atoms with Crippen LogP contribution in [0.5, 0.6) is 0 Å². The molecule has 1 unspecified atom stereocenters. The molecule has 0 saturated heterocycles. The minimum Gasteiger partial charge on any atom is -0.302 e. The first-order chi connectivity index (χ1) is 12.5. The van der Waals surface area contributed by atoms with E-state index in [4.69, 9.17) is 0 Å². The Bertz CT molecular complexity index is 270. The molecule has 0 radical (unpaired) electrons. The molecule has 0 aliphatic rings. The summed E-state index contributed by atoms with van der Waals surface area (Å²) in [5, 5.41) is 7.57. The van der Waals surface area contributed by atoms with Crippen molar-refractivity contribution in [1.29, 1.82) is 0 Å². The molecule has 2 heteroatoms. The minimum atomic E-state index is 0.193. The lowest BCUT2D eigenvalue weighted by molar-refractivity contribution is 0.295. The van der Waals surface area contributed by atoms with E-state index in [9.17, 15) is 0 Å². The highest BCUT2D eigenvalue weighted by Crippen LogP contribution is 2.12. The van der Waals surface area contributed by atoms with Crippen LogP contribution in [0.2, 0.25) is 0 Å². The third kappa shape index (κ3) is 20.2. The van der Waals surface area contributed by atoms with Gasteiger partial charge in [0.25, 0.3) is 0 Å². The molecule has 0 saturated carbocycles. The average molecular weight is 369 g/mol. The molecule has 0 bridgehead atoms. The van der Waals surface area contributed by atoms with Crippen LogP contribution < -0.4 is 10.6 Å². The minimum absolute atomic E-state index is 0.193. The van der Waals surface area contributed by atoms with Gasteiger partial charge in [-0.3, -0.25) is 5.32 Å². The van der Waals surface area contributed by atoms with E-state index in [-0.39, 0.29) is 5.54 Å². The van der Waals surface area contributed by atoms with Crippen molar-refractivity contribution in [3.63, 3.8) is 0 Å². The van der Waals surface area contributed by atoms with Crippen LogP contribution in [0.15, 0.2) is 0 Å². The monoisotopic (exact) mass is 368 g/mol. The predicted molar refractivity (Wildman–Crippen MR) is 120 cm³/mol. The Morgan fingerprint density at radius 3 is 1.46 bits per heavy atom. The lowest BCUT2D eigenvalue weighted by Crippen LogP contribution is -2.51. The van der Waals surface area contributed by atoms with E-state index < -0.39 is 0 Å². The van der Waals surface area contributed by atoms with E-state index in [1.165, 1.54) is 109 Å². The highest BCUT2D eigenvalue weighted by Gasteiger charge is 2.16. The maximum atomic E-state index is 3.79. The molecule has 0 aromatic carbocycles. The van der Waals surface area contributed by atoms with Crippen LogP contribution in [0, 0.1) is 0 Å². The molecule has 0 rings (SSSR count). The zero-order valence-electron chi connectivity index (χ0n) is 19.1. The molecule has 0 spiro atoms. The van der Waals surface area contributed by atoms with E-state index in [0.717, 1.165) is 0 Å². The molecule has 2 N–H and O–H groups in total. The standard InChI is InChI=1S/C24H52N2/c1-6-8-10-12-14-16-18-20-22-25-23(26-24(3,4)5)21-19-17-15-13-11-9-7-2/h23,25-26H,6-22H2,1-5H3. The summed E-state index contributed by atoms with van der Waals surface area (Å²) in [5.74, 6) is 0. The van der Waals surface area contributed by atoms with Crippen molar-refractivity contribution in [2.75, 3.05) is 6.54 Å². The van der Waals surface area contributed by atoms with Crippen LogP contribution in [-0.2, 0) is 0 Å². The van der Waals surface area contributed by atoms with Gasteiger partial charge in [-0.15, -0.1) is 0 Å². The topological polar surface area (TPSA) is 24.1 Å². The van der Waals surface area contributed by atoms with Crippen LogP contribution in [0.25, 0.3) is 0 Å². The number of unbranched alkanes of at least 4 members (excludes halogenated alkanes) is 13. The van der Waals surface area contributed by atoms with Gasteiger partial charge in [0.05, 0.1) is 6.17 Å². The van der Waals surface area contributed by atoms with Crippen LogP contribution in [0.1, 0.15) is 137 Å². The first-order valence-corrected chi connectivity index (χ1v) is 12.0. The van der Waals surface area contributed by atoms with Gasteiger partial charge >= 0.3 is 0 Å². The maximum absolute atomic E-state index is 3.79. The highest BCUT2D eigenvalue weighted by molar-refractivity contribution is 4.76. The van der Waals surface area contributed by atoms with Gasteiger partial charge in [-0.25, -0.2) is 0 Å². The van der Waals surface area contributed by atoms with Crippen LogP contribution in [-0.4, -0.2) is 18.2 Å². The lowest BCUT2D eigenvalue weighted by atomic mass is 10.0. The molecule has 2 nitrogen and oxygen atoms in total. The largest absolute Gasteiger partial charge is 0.302 e. The maximum Gasteiger partial charge on any atom is 0.0575 e. The van der Waals surface area contributed by atoms with Crippen molar-refractivity contribution in [3.8, 4) is 0 Å². The molecule has 0 aliphatic heterocycles. The zero-order valence-corrected chi connectivity index (χ0v) is 19.1. The van der Waals surface area contributed by atoms with Crippen molar-refractivity contribution in [1.82, 2.24) is 10.6 Å². The van der Waals surface area contributed by atoms with Gasteiger partial charge in [0, 0.05) is 5.54 Å². The normalized spacial score (nSPS) is 13.3. The van der Waals surface area contributed by atoms with Crippen LogP contribution in [0.4, 0.5) is 0 Å². The van der Waals surface area contributed by atoms with E-state index in [1.807, 2.05) is 0 Å². The summed E-state index contributed by atoms with van der Waals surface area (Å²) in [6.45, 7) is 12.6. The Hall–Kier alpha value is -0.0800. The van der Waals surface area contributed by atoms with Gasteiger partial charge in [0.15, 0.2) is 0 Å². The van der Waals surface area contributed by atoms with Gasteiger partial charge in [0.1, 0.15) is 0 Å². The molecule has 0 fully saturated rings. The summed E-state index contributed by atoms with van der Waals surface area (Å²) in [4.78, 5) is 0. The third-order valence-electron chi connectivity index (χ3n) is 5.12. The van der Waals surface area contributed by atoms with Crippen molar-refractivity contribution < 1.29 is 0 Å². The van der Waals surface area contributed by atoms with E-state index in [2.05, 4.69) is 45.3 Å². The molecule has 1 atom stereocenters. The second kappa shape index (κ2) is 18.3. The third-order valence-corrected chi connectivity index (χ3v) is 5.12. The molecule has 0 heterocycles. The number of hydrogen-bond donors (Lipinski definition) is 2. The lowest BCUT2D eigenvalue weighted by Gasteiger charge is -2.29. The van der Waals surface area contributed by atoms with E-state index in [1.54, 1.807) is 0 Å². The van der Waals surface area contributed by atoms with Crippen molar-refractivity contribution in [2.24, 2.45) is 0 Å². The molecular weight excluding hydrogens is 316 g/mol. The van der Waals surface area contributed by atoms with Gasteiger partial charge in [-0.2, -0.15) is 0 Å². The summed E-state index contributed by atoms with van der Waals surface area (Å²) in [7, 11) is 0. The predicted octanol–water partition coefficient (Wildman–Crippen LogP) is 7.57. The van der Waals surface area contributed by atoms with Gasteiger partial charge < -0.3 is 5.32 Å². The summed E-state index contributed by atoms with van der Waals surface area (Å²) >= 11 is 0. The molecular formula is C24H52N2. The van der Waals surface area contributed by atoms with Crippen molar-refractivity contribution in [2.45, 2.75) is 149 Å². The van der Waals surface area contributed by atoms with Gasteiger partial charge in [0.2, 0.25) is 0 Å². The Morgan fingerprint density at radius 2 is 1.00 bits per heavy atom. The van der Waals surface area contributed by atoms with E-state index >= 15 is 0 Å². The fourth-order valence-electron chi connectivity index (χ4n) is 3.59. The summed E-state index contributed by atoms with van der Waals surface area (Å²) in [6, 6.07) is 0. The quantitative estimate of drug-likeness (QED) is 0.181. The molecule has 0 amide bonds. The Balaban J connectivity index is 3.73. The summed E-state index contributed by atoms with van der Waals surface area (Å²) < 4.78 is 0. The Morgan fingerprint density at radius 1 is 0.577 bits per heavy atom. The van der Waals surface area contributed by atoms with Crippen molar-refractivity contribution in [3.05, 3.63) is 0 Å². The Kier molecular flexibility index (Phi) is 18.2. The molecule has 26 heavy (non-hydrogen) atoms. The number of hydrogen-bond acceptors (Lipinski definition) is 2. The number of rotatable bonds is 19. The Labute approximate surface area is 166 Å². The van der Waals surface area contributed by atoms with Gasteiger partial charge in [-0.05, 0) is 40.2 Å². The average Bonchev–Trinajstić information content (AvgIpc) is 2.58. The van der Waals surface area contributed by atoms with Crippen molar-refractivity contribution >= 4 is 0 Å². The summed E-state index contributed by atoms with van der Waals surface area (Å²) in [6.07, 6.45) is 22.7. The first kappa shape index (κ1) is 25.9. The highest BCUT2D eigenvalue weighted by atomic mass is 15.1. The molecule has 0 aliphatic carbocycles. The smallest absolute Gasteiger partial charge is 0.0575 e. The fourth-order valence-corrected chi connectivity index (χ4v) is 3.59. The molecule has 158 valence electrons. The number of nitrogens with one attached hydrogen (secondary N) is 2. The fraction of sp³-hybridized carbons (Fsp3) is 1.00. The SMILES string of the molecule is CCCCCCCCCCNC(CCCCCCCCC)NC(C)(C)C. The molecule has 0 aromatic heterocycles. The van der Waals surface area contributed by atoms with E-state index in [0.29, 0.717) is 6.17 Å².